The number of nitrogens with zero attached hydrogens (tertiary/aromatic N) is 8. The summed E-state index contributed by atoms with van der Waals surface area (Å²) >= 11 is 0. The maximum Gasteiger partial charge on any atom is 0.308 e. The van der Waals surface area contributed by atoms with Crippen molar-refractivity contribution in [1.29, 1.82) is 0 Å². The zero-order valence-electron chi connectivity index (χ0n) is 10.7. The number of aliphatic carboxylic acids is 1. The van der Waals surface area contributed by atoms with E-state index in [2.05, 4.69) is 36.1 Å². The average molecular weight is 286 g/mol. The molecule has 0 atom stereocenters. The second kappa shape index (κ2) is 5.15. The number of tetrazole rings is 1. The van der Waals surface area contributed by atoms with E-state index in [0.29, 0.717) is 5.82 Å². The van der Waals surface area contributed by atoms with Gasteiger partial charge in [0.2, 0.25) is 11.5 Å². The first kappa shape index (κ1) is 13.0. The van der Waals surface area contributed by atoms with Gasteiger partial charge in [-0.1, -0.05) is 30.3 Å². The molecular weight excluding hydrogens is 276 g/mol. The molecule has 0 fully saturated rings. The summed E-state index contributed by atoms with van der Waals surface area (Å²) in [6.45, 7) is 0.00608. The largest absolute Gasteiger partial charge is 0.481 e. The van der Waals surface area contributed by atoms with E-state index in [0.717, 1.165) is 5.56 Å². The minimum atomic E-state index is -1.31. The molecule has 2 aromatic rings. The molecule has 21 heavy (non-hydrogen) atoms. The zero-order valence-corrected chi connectivity index (χ0v) is 10.7. The van der Waals surface area contributed by atoms with Gasteiger partial charge in [-0.25, -0.2) is 0 Å². The predicted molar refractivity (Wildman–Crippen MR) is 67.9 cm³/mol. The van der Waals surface area contributed by atoms with Gasteiger partial charge in [-0.3, -0.25) is 4.79 Å². The van der Waals surface area contributed by atoms with Gasteiger partial charge in [0, 0.05) is 5.56 Å². The Bertz CT molecular complexity index is 696. The summed E-state index contributed by atoms with van der Waals surface area (Å²) < 4.78 is 0. The molecular formula is C11H10N8O2. The van der Waals surface area contributed by atoms with Crippen molar-refractivity contribution in [2.75, 3.05) is 0 Å². The van der Waals surface area contributed by atoms with Crippen LogP contribution in [0.4, 0.5) is 0 Å². The first-order chi connectivity index (χ1) is 10.2. The summed E-state index contributed by atoms with van der Waals surface area (Å²) in [6, 6.07) is 9.31. The van der Waals surface area contributed by atoms with Crippen molar-refractivity contribution in [3.05, 3.63) is 30.3 Å². The molecule has 1 aromatic heterocycles. The van der Waals surface area contributed by atoms with Crippen molar-refractivity contribution >= 4 is 5.97 Å². The van der Waals surface area contributed by atoms with Crippen molar-refractivity contribution in [3.63, 3.8) is 0 Å². The lowest BCUT2D eigenvalue weighted by Gasteiger charge is -2.15. The van der Waals surface area contributed by atoms with Gasteiger partial charge in [-0.05, 0) is 15.7 Å². The Labute approximate surface area is 118 Å². The highest BCUT2D eigenvalue weighted by atomic mass is 16.4. The monoisotopic (exact) mass is 286 g/mol. The van der Waals surface area contributed by atoms with Crippen LogP contribution in [0.3, 0.4) is 0 Å². The van der Waals surface area contributed by atoms with Crippen LogP contribution in [-0.4, -0.2) is 36.9 Å². The van der Waals surface area contributed by atoms with Crippen LogP contribution in [0.5, 0.6) is 0 Å². The first-order valence-corrected chi connectivity index (χ1v) is 6.06. The quantitative estimate of drug-likeness (QED) is 0.886. The standard InChI is InChI=1S/C11H10N8O2/c20-9(21)6-11(14-16-17-15-11)7-19-13-10(12-18-19)8-4-2-1-3-5-8/h1-5H,6-7H2,(H,20,21). The molecule has 3 rings (SSSR count). The summed E-state index contributed by atoms with van der Waals surface area (Å²) in [5.41, 5.74) is -0.494. The molecule has 1 aliphatic heterocycles. The van der Waals surface area contributed by atoms with E-state index in [1.807, 2.05) is 30.3 Å². The summed E-state index contributed by atoms with van der Waals surface area (Å²) in [4.78, 5) is 12.2. The highest BCUT2D eigenvalue weighted by Gasteiger charge is 2.37. The number of carboxylic acid groups (broad SMARTS) is 1. The highest BCUT2D eigenvalue weighted by Crippen LogP contribution is 2.26. The Morgan fingerprint density at radius 1 is 1.19 bits per heavy atom. The topological polar surface area (TPSA) is 130 Å². The first-order valence-electron chi connectivity index (χ1n) is 6.06. The fraction of sp³-hybridized carbons (Fsp3) is 0.273. The number of carbonyl (C=O) groups is 1. The Balaban J connectivity index is 1.82. The number of rotatable bonds is 5. The van der Waals surface area contributed by atoms with Crippen LogP contribution in [0.2, 0.25) is 0 Å². The molecule has 1 N–H and O–H groups in total. The van der Waals surface area contributed by atoms with Gasteiger partial charge in [0.1, 0.15) is 6.54 Å². The molecule has 0 spiro atoms. The van der Waals surface area contributed by atoms with E-state index in [4.69, 9.17) is 5.11 Å². The summed E-state index contributed by atoms with van der Waals surface area (Å²) in [7, 11) is 0. The van der Waals surface area contributed by atoms with Crippen LogP contribution >= 0.6 is 0 Å². The second-order valence-electron chi connectivity index (χ2n) is 4.44. The van der Waals surface area contributed by atoms with E-state index >= 15 is 0 Å². The number of benzene rings is 1. The van der Waals surface area contributed by atoms with Crippen molar-refractivity contribution in [2.24, 2.45) is 20.7 Å². The fourth-order valence-electron chi connectivity index (χ4n) is 1.90. The lowest BCUT2D eigenvalue weighted by molar-refractivity contribution is -0.138. The van der Waals surface area contributed by atoms with Crippen LogP contribution in [0.25, 0.3) is 11.4 Å². The van der Waals surface area contributed by atoms with Gasteiger partial charge in [0.25, 0.3) is 0 Å². The molecule has 0 aliphatic carbocycles. The Kier molecular flexibility index (Phi) is 3.18. The van der Waals surface area contributed by atoms with Gasteiger partial charge in [0.05, 0.1) is 6.42 Å². The summed E-state index contributed by atoms with van der Waals surface area (Å²) in [5, 5.41) is 35.2. The molecule has 106 valence electrons. The minimum Gasteiger partial charge on any atom is -0.481 e. The molecule has 0 bridgehead atoms. The maximum absolute atomic E-state index is 10.9. The van der Waals surface area contributed by atoms with Crippen molar-refractivity contribution in [1.82, 2.24) is 20.2 Å². The Morgan fingerprint density at radius 2 is 1.90 bits per heavy atom. The Hall–Kier alpha value is -3.04. The van der Waals surface area contributed by atoms with Crippen molar-refractivity contribution in [3.8, 4) is 11.4 Å². The van der Waals surface area contributed by atoms with Crippen LogP contribution in [0.1, 0.15) is 6.42 Å². The minimum absolute atomic E-state index is 0.00608. The highest BCUT2D eigenvalue weighted by molar-refractivity contribution is 5.68. The molecule has 0 radical (unpaired) electrons. The third kappa shape index (κ3) is 2.78. The van der Waals surface area contributed by atoms with E-state index in [9.17, 15) is 4.79 Å². The van der Waals surface area contributed by atoms with Gasteiger partial charge in [-0.2, -0.15) is 4.80 Å². The van der Waals surface area contributed by atoms with Gasteiger partial charge in [-0.15, -0.1) is 20.4 Å². The Morgan fingerprint density at radius 3 is 2.57 bits per heavy atom. The van der Waals surface area contributed by atoms with Crippen LogP contribution in [0.15, 0.2) is 51.0 Å². The lowest BCUT2D eigenvalue weighted by atomic mass is 10.1. The molecule has 10 nitrogen and oxygen atoms in total. The van der Waals surface area contributed by atoms with Gasteiger partial charge in [0.15, 0.2) is 0 Å². The molecule has 10 heteroatoms. The van der Waals surface area contributed by atoms with E-state index in [-0.39, 0.29) is 13.0 Å². The van der Waals surface area contributed by atoms with E-state index in [1.165, 1.54) is 4.80 Å². The smallest absolute Gasteiger partial charge is 0.308 e. The molecule has 0 saturated heterocycles. The molecule has 0 amide bonds. The van der Waals surface area contributed by atoms with Crippen LogP contribution < -0.4 is 0 Å². The summed E-state index contributed by atoms with van der Waals surface area (Å²) in [5.74, 6) is -0.619. The molecule has 1 aliphatic rings. The van der Waals surface area contributed by atoms with E-state index < -0.39 is 11.6 Å². The number of aromatic nitrogens is 4. The third-order valence-electron chi connectivity index (χ3n) is 2.82. The fourth-order valence-corrected chi connectivity index (χ4v) is 1.90. The molecule has 0 saturated carbocycles. The lowest BCUT2D eigenvalue weighted by Crippen LogP contribution is -2.32. The van der Waals surface area contributed by atoms with Crippen molar-refractivity contribution in [2.45, 2.75) is 18.6 Å². The molecule has 1 aromatic carbocycles. The predicted octanol–water partition coefficient (Wildman–Crippen LogP) is 1.34. The number of carboxylic acids is 1. The normalized spacial score (nSPS) is 15.4. The van der Waals surface area contributed by atoms with Crippen LogP contribution in [0, 0.1) is 0 Å². The van der Waals surface area contributed by atoms with Crippen molar-refractivity contribution < 1.29 is 9.90 Å². The molecule has 2 heterocycles. The van der Waals surface area contributed by atoms with Crippen LogP contribution in [-0.2, 0) is 11.3 Å². The SMILES string of the molecule is O=C(O)CC1(Cn2nnc(-c3ccccc3)n2)N=NN=N1. The average Bonchev–Trinajstić information content (AvgIpc) is 3.09. The number of hydrogen-bond donors (Lipinski definition) is 1. The van der Waals surface area contributed by atoms with Gasteiger partial charge >= 0.3 is 5.97 Å². The van der Waals surface area contributed by atoms with E-state index in [1.54, 1.807) is 0 Å². The van der Waals surface area contributed by atoms with Gasteiger partial charge < -0.3 is 5.11 Å². The molecule has 0 unspecified atom stereocenters. The summed E-state index contributed by atoms with van der Waals surface area (Å²) in [6.07, 6.45) is -0.345. The zero-order chi connectivity index (χ0) is 14.7. The number of hydrogen-bond acceptors (Lipinski definition) is 8. The maximum atomic E-state index is 10.9. The third-order valence-corrected chi connectivity index (χ3v) is 2.82. The second-order valence-corrected chi connectivity index (χ2v) is 4.44.